The van der Waals surface area contributed by atoms with Gasteiger partial charge < -0.3 is 8.78 Å². The van der Waals surface area contributed by atoms with Gasteiger partial charge in [0.1, 0.15) is 0 Å². The summed E-state index contributed by atoms with van der Waals surface area (Å²) in [5.74, 6) is -2.11. The largest absolute Gasteiger partial charge is 1.00 e. The van der Waals surface area contributed by atoms with Crippen molar-refractivity contribution in [2.75, 3.05) is 0 Å². The molecule has 0 nitrogen and oxygen atoms in total. The van der Waals surface area contributed by atoms with Gasteiger partial charge in [-0.3, -0.25) is 11.6 Å². The maximum Gasteiger partial charge on any atom is 1.00 e. The van der Waals surface area contributed by atoms with Crippen LogP contribution in [0.4, 0.5) is 8.78 Å². The predicted molar refractivity (Wildman–Crippen MR) is 11.3 cm³/mol. The molecule has 0 amide bonds. The molecule has 0 spiro atoms. The molecule has 0 atom stereocenters. The van der Waals surface area contributed by atoms with Gasteiger partial charge >= 0.3 is 29.6 Å². The molecular formula is CClF2Na. The summed E-state index contributed by atoms with van der Waals surface area (Å²) in [5, 5.41) is 0. The van der Waals surface area contributed by atoms with Gasteiger partial charge in [-0.25, -0.2) is 0 Å². The molecule has 0 saturated carbocycles. The van der Waals surface area contributed by atoms with Crippen LogP contribution in [-0.2, 0) is 0 Å². The predicted octanol–water partition coefficient (Wildman–Crippen LogP) is -1.38. The van der Waals surface area contributed by atoms with Gasteiger partial charge in [-0.1, -0.05) is 0 Å². The van der Waals surface area contributed by atoms with Gasteiger partial charge in [-0.2, -0.15) is 0 Å². The average molecular weight is 108 g/mol. The fraction of sp³-hybridized carbons (Fsp3) is 0. The van der Waals surface area contributed by atoms with Crippen LogP contribution in [0.25, 0.3) is 0 Å². The zero-order valence-electron chi connectivity index (χ0n) is 2.63. The fourth-order valence-electron chi connectivity index (χ4n) is 0. The molecule has 0 bridgehead atoms. The molecule has 0 aliphatic heterocycles. The average Bonchev–Trinajstić information content (AvgIpc) is 0.811. The fourth-order valence-corrected chi connectivity index (χ4v) is 0. The van der Waals surface area contributed by atoms with Crippen LogP contribution < -0.4 is 29.6 Å². The zero-order valence-corrected chi connectivity index (χ0v) is 5.39. The standard InChI is InChI=1S/CClF2.Na/c2-1(3)4;/q-1;+1. The van der Waals surface area contributed by atoms with Crippen LogP contribution in [0.3, 0.4) is 0 Å². The summed E-state index contributed by atoms with van der Waals surface area (Å²) in [5.41, 5.74) is 0. The van der Waals surface area contributed by atoms with E-state index in [0.717, 1.165) is 0 Å². The molecule has 0 fully saturated rings. The first-order valence-electron chi connectivity index (χ1n) is 0.567. The molecule has 0 rings (SSSR count). The van der Waals surface area contributed by atoms with Crippen molar-refractivity contribution in [2.24, 2.45) is 0 Å². The Morgan fingerprint density at radius 3 is 1.40 bits per heavy atom. The smallest absolute Gasteiger partial charge is 0.404 e. The van der Waals surface area contributed by atoms with Crippen LogP contribution in [0, 0.1) is 5.88 Å². The molecule has 0 N–H and O–H groups in total. The Kier molecular flexibility index (Phi) is 9.76. The Morgan fingerprint density at radius 2 is 1.40 bits per heavy atom. The first kappa shape index (κ1) is 9.47. The van der Waals surface area contributed by atoms with Gasteiger partial charge in [0.15, 0.2) is 0 Å². The van der Waals surface area contributed by atoms with Crippen LogP contribution >= 0.6 is 11.6 Å². The summed E-state index contributed by atoms with van der Waals surface area (Å²) in [6.07, 6.45) is 0. The number of halogens is 3. The van der Waals surface area contributed by atoms with Crippen LogP contribution in [-0.4, -0.2) is 0 Å². The van der Waals surface area contributed by atoms with E-state index in [1.807, 2.05) is 0 Å². The molecular weight excluding hydrogens is 108 g/mol. The normalized spacial score (nSPS) is 7.20. The topological polar surface area (TPSA) is 0 Å². The Morgan fingerprint density at radius 1 is 1.40 bits per heavy atom. The third kappa shape index (κ3) is 38.6. The summed E-state index contributed by atoms with van der Waals surface area (Å²) < 4.78 is 20.0. The molecule has 0 saturated heterocycles. The third-order valence-electron chi connectivity index (χ3n) is 0. The second-order valence-electron chi connectivity index (χ2n) is 0.214. The van der Waals surface area contributed by atoms with Crippen LogP contribution in [0.1, 0.15) is 0 Å². The summed E-state index contributed by atoms with van der Waals surface area (Å²) in [4.78, 5) is 0. The Labute approximate surface area is 55.8 Å². The minimum absolute atomic E-state index is 0. The van der Waals surface area contributed by atoms with E-state index in [-0.39, 0.29) is 29.6 Å². The van der Waals surface area contributed by atoms with E-state index in [9.17, 15) is 8.78 Å². The van der Waals surface area contributed by atoms with Crippen molar-refractivity contribution in [3.05, 3.63) is 5.88 Å². The van der Waals surface area contributed by atoms with E-state index in [2.05, 4.69) is 11.6 Å². The van der Waals surface area contributed by atoms with Crippen molar-refractivity contribution < 1.29 is 38.3 Å². The summed E-state index contributed by atoms with van der Waals surface area (Å²) in [6.45, 7) is 0. The van der Waals surface area contributed by atoms with Crippen LogP contribution in [0.5, 0.6) is 0 Å². The molecule has 0 aliphatic rings. The van der Waals surface area contributed by atoms with Gasteiger partial charge in [-0.15, -0.1) is 0 Å². The maximum atomic E-state index is 10.0. The van der Waals surface area contributed by atoms with E-state index in [1.54, 1.807) is 0 Å². The SMILES string of the molecule is F[C-](F)Cl.[Na+]. The van der Waals surface area contributed by atoms with E-state index in [0.29, 0.717) is 0 Å². The monoisotopic (exact) mass is 108 g/mol. The third-order valence-corrected chi connectivity index (χ3v) is 0. The Bertz CT molecular complexity index is 14.4. The number of rotatable bonds is 0. The molecule has 0 aromatic heterocycles. The van der Waals surface area contributed by atoms with Crippen molar-refractivity contribution in [1.29, 1.82) is 0 Å². The van der Waals surface area contributed by atoms with E-state index >= 15 is 0 Å². The van der Waals surface area contributed by atoms with E-state index < -0.39 is 5.88 Å². The molecule has 26 valence electrons. The molecule has 0 aliphatic carbocycles. The molecule has 0 aromatic carbocycles. The second kappa shape index (κ2) is 5.15. The van der Waals surface area contributed by atoms with Crippen molar-refractivity contribution in [2.45, 2.75) is 0 Å². The van der Waals surface area contributed by atoms with E-state index in [4.69, 9.17) is 0 Å². The number of hydrogen-bond acceptors (Lipinski definition) is 0. The van der Waals surface area contributed by atoms with Gasteiger partial charge in [-0.05, 0) is 0 Å². The van der Waals surface area contributed by atoms with Gasteiger partial charge in [0.05, 0.1) is 5.88 Å². The summed E-state index contributed by atoms with van der Waals surface area (Å²) in [7, 11) is 0. The summed E-state index contributed by atoms with van der Waals surface area (Å²) in [6, 6.07) is 0. The Balaban J connectivity index is 0. The van der Waals surface area contributed by atoms with E-state index in [1.165, 1.54) is 0 Å². The molecule has 0 heterocycles. The zero-order chi connectivity index (χ0) is 3.58. The quantitative estimate of drug-likeness (QED) is 0.265. The van der Waals surface area contributed by atoms with Crippen LogP contribution in [0.15, 0.2) is 0 Å². The Hall–Kier alpha value is 1.15. The molecule has 0 aromatic rings. The minimum Gasteiger partial charge on any atom is -0.404 e. The van der Waals surface area contributed by atoms with Gasteiger partial charge in [0.25, 0.3) is 0 Å². The van der Waals surface area contributed by atoms with Crippen molar-refractivity contribution in [3.63, 3.8) is 0 Å². The molecule has 0 unspecified atom stereocenters. The molecule has 5 heavy (non-hydrogen) atoms. The first-order chi connectivity index (χ1) is 1.73. The second-order valence-corrected chi connectivity index (χ2v) is 0.500. The molecule has 0 radical (unpaired) electrons. The van der Waals surface area contributed by atoms with Gasteiger partial charge in [0, 0.05) is 0 Å². The molecule has 4 heteroatoms. The first-order valence-corrected chi connectivity index (χ1v) is 0.945. The van der Waals surface area contributed by atoms with Crippen molar-refractivity contribution in [3.8, 4) is 0 Å². The van der Waals surface area contributed by atoms with Crippen molar-refractivity contribution in [1.82, 2.24) is 0 Å². The van der Waals surface area contributed by atoms with Crippen molar-refractivity contribution >= 4 is 11.6 Å². The van der Waals surface area contributed by atoms with Gasteiger partial charge in [0.2, 0.25) is 0 Å². The maximum absolute atomic E-state index is 10.0. The number of hydrogen-bond donors (Lipinski definition) is 0. The summed E-state index contributed by atoms with van der Waals surface area (Å²) >= 11 is 3.86. The van der Waals surface area contributed by atoms with Crippen LogP contribution in [0.2, 0.25) is 0 Å². The minimum atomic E-state index is -2.11.